The van der Waals surface area contributed by atoms with Crippen LogP contribution in [0, 0.1) is 12.8 Å². The molecule has 0 aliphatic rings. The normalized spacial score (nSPS) is 15.3. The summed E-state index contributed by atoms with van der Waals surface area (Å²) in [5.41, 5.74) is 0. The Hall–Kier alpha value is -0.260. The van der Waals surface area contributed by atoms with Crippen LogP contribution in [0.2, 0.25) is 0 Å². The Morgan fingerprint density at radius 3 is 2.43 bits per heavy atom. The Balaban J connectivity index is 3.16. The first-order valence-corrected chi connectivity index (χ1v) is 2.77. The van der Waals surface area contributed by atoms with E-state index in [1.165, 1.54) is 0 Å². The third-order valence-electron chi connectivity index (χ3n) is 0.989. The highest BCUT2D eigenvalue weighted by Crippen LogP contribution is 1.99. The van der Waals surface area contributed by atoms with Gasteiger partial charge in [0.2, 0.25) is 0 Å². The predicted octanol–water partition coefficient (Wildman–Crippen LogP) is 2.42. The molecule has 0 amide bonds. The van der Waals surface area contributed by atoms with Crippen LogP contribution in [0.3, 0.4) is 0 Å². The van der Waals surface area contributed by atoms with Crippen LogP contribution >= 0.6 is 0 Å². The lowest BCUT2D eigenvalue weighted by Gasteiger charge is -1.95. The predicted molar refractivity (Wildman–Crippen MR) is 34.0 cm³/mol. The standard InChI is InChI=1S/C7H13/c1-4-6-7(3)5-2/h4,6-7H,3,5H2,1-2H3. The number of hydrogen-bond donors (Lipinski definition) is 0. The molecule has 0 aliphatic heterocycles. The molecular weight excluding hydrogens is 84.1 g/mol. The largest absolute Gasteiger partial charge is 0.0914 e. The van der Waals surface area contributed by atoms with Gasteiger partial charge in [-0.15, -0.1) is 0 Å². The molecule has 0 fully saturated rings. The van der Waals surface area contributed by atoms with E-state index < -0.39 is 0 Å². The van der Waals surface area contributed by atoms with Gasteiger partial charge in [0.15, 0.2) is 0 Å². The van der Waals surface area contributed by atoms with Crippen LogP contribution in [0.15, 0.2) is 12.2 Å². The van der Waals surface area contributed by atoms with E-state index in [-0.39, 0.29) is 0 Å². The fourth-order valence-corrected chi connectivity index (χ4v) is 0.408. The van der Waals surface area contributed by atoms with Gasteiger partial charge >= 0.3 is 0 Å². The van der Waals surface area contributed by atoms with Gasteiger partial charge in [0.05, 0.1) is 0 Å². The van der Waals surface area contributed by atoms with Gasteiger partial charge in [0.1, 0.15) is 0 Å². The van der Waals surface area contributed by atoms with Crippen molar-refractivity contribution in [3.05, 3.63) is 19.1 Å². The van der Waals surface area contributed by atoms with Crippen molar-refractivity contribution in [2.45, 2.75) is 20.3 Å². The number of hydrogen-bond acceptors (Lipinski definition) is 0. The van der Waals surface area contributed by atoms with Crippen molar-refractivity contribution in [1.82, 2.24) is 0 Å². The van der Waals surface area contributed by atoms with Gasteiger partial charge in [-0.3, -0.25) is 0 Å². The smallest absolute Gasteiger partial charge is 0.0236 e. The number of allylic oxidation sites excluding steroid dienone is 2. The molecule has 0 spiro atoms. The summed E-state index contributed by atoms with van der Waals surface area (Å²) in [5, 5.41) is 0. The minimum atomic E-state index is 0.519. The molecule has 0 bridgehead atoms. The lowest BCUT2D eigenvalue weighted by Crippen LogP contribution is -1.82. The van der Waals surface area contributed by atoms with Gasteiger partial charge in [-0.1, -0.05) is 19.1 Å². The second kappa shape index (κ2) is 3.91. The van der Waals surface area contributed by atoms with E-state index in [1.807, 2.05) is 13.0 Å². The Morgan fingerprint density at radius 2 is 2.29 bits per heavy atom. The van der Waals surface area contributed by atoms with Crippen LogP contribution in [-0.2, 0) is 0 Å². The quantitative estimate of drug-likeness (QED) is 0.464. The Kier molecular flexibility index (Phi) is 3.77. The first-order valence-electron chi connectivity index (χ1n) is 2.77. The maximum atomic E-state index is 3.86. The van der Waals surface area contributed by atoms with Crippen molar-refractivity contribution >= 4 is 0 Å². The van der Waals surface area contributed by atoms with E-state index in [0.717, 1.165) is 6.42 Å². The van der Waals surface area contributed by atoms with E-state index in [0.29, 0.717) is 5.92 Å². The van der Waals surface area contributed by atoms with Gasteiger partial charge in [0.25, 0.3) is 0 Å². The maximum Gasteiger partial charge on any atom is -0.0236 e. The summed E-state index contributed by atoms with van der Waals surface area (Å²) in [6.45, 7) is 8.02. The summed E-state index contributed by atoms with van der Waals surface area (Å²) in [5.74, 6) is 0.519. The Bertz CT molecular complexity index is 53.1. The highest BCUT2D eigenvalue weighted by molar-refractivity contribution is 4.85. The van der Waals surface area contributed by atoms with Crippen LogP contribution in [0.4, 0.5) is 0 Å². The highest BCUT2D eigenvalue weighted by Gasteiger charge is 1.86. The van der Waals surface area contributed by atoms with Crippen LogP contribution in [0.1, 0.15) is 20.3 Å². The molecule has 0 saturated heterocycles. The van der Waals surface area contributed by atoms with Crippen molar-refractivity contribution in [2.75, 3.05) is 0 Å². The fraction of sp³-hybridized carbons (Fsp3) is 0.571. The van der Waals surface area contributed by atoms with Gasteiger partial charge in [-0.05, 0) is 26.2 Å². The minimum Gasteiger partial charge on any atom is -0.0914 e. The van der Waals surface area contributed by atoms with Gasteiger partial charge in [0, 0.05) is 0 Å². The molecule has 0 saturated carbocycles. The molecule has 41 valence electrons. The highest BCUT2D eigenvalue weighted by atomic mass is 13.9. The van der Waals surface area contributed by atoms with Gasteiger partial charge < -0.3 is 0 Å². The second-order valence-corrected chi connectivity index (χ2v) is 1.69. The molecule has 1 radical (unpaired) electrons. The lowest BCUT2D eigenvalue weighted by atomic mass is 10.1. The van der Waals surface area contributed by atoms with Crippen molar-refractivity contribution in [3.8, 4) is 0 Å². The third-order valence-corrected chi connectivity index (χ3v) is 0.989. The van der Waals surface area contributed by atoms with E-state index in [2.05, 4.69) is 19.9 Å². The van der Waals surface area contributed by atoms with E-state index in [9.17, 15) is 0 Å². The average Bonchev–Trinajstić information content (AvgIpc) is 1.68. The summed E-state index contributed by atoms with van der Waals surface area (Å²) >= 11 is 0. The zero-order valence-electron chi connectivity index (χ0n) is 5.15. The van der Waals surface area contributed by atoms with E-state index in [4.69, 9.17) is 0 Å². The fourth-order valence-electron chi connectivity index (χ4n) is 0.408. The molecule has 0 aromatic carbocycles. The molecule has 7 heavy (non-hydrogen) atoms. The first kappa shape index (κ1) is 6.74. The van der Waals surface area contributed by atoms with Crippen molar-refractivity contribution in [3.63, 3.8) is 0 Å². The molecule has 1 atom stereocenters. The lowest BCUT2D eigenvalue weighted by molar-refractivity contribution is 0.769. The summed E-state index contributed by atoms with van der Waals surface area (Å²) in [7, 11) is 0. The molecular formula is C7H13. The summed E-state index contributed by atoms with van der Waals surface area (Å²) < 4.78 is 0. The monoisotopic (exact) mass is 97.1 g/mol. The van der Waals surface area contributed by atoms with Crippen LogP contribution < -0.4 is 0 Å². The van der Waals surface area contributed by atoms with Crippen molar-refractivity contribution in [2.24, 2.45) is 5.92 Å². The van der Waals surface area contributed by atoms with Crippen LogP contribution in [-0.4, -0.2) is 0 Å². The van der Waals surface area contributed by atoms with E-state index in [1.54, 1.807) is 0 Å². The van der Waals surface area contributed by atoms with Crippen LogP contribution in [0.25, 0.3) is 0 Å². The average molecular weight is 97.2 g/mol. The second-order valence-electron chi connectivity index (χ2n) is 1.69. The summed E-state index contributed by atoms with van der Waals surface area (Å²) in [6.07, 6.45) is 5.30. The third kappa shape index (κ3) is 3.57. The Morgan fingerprint density at radius 1 is 1.71 bits per heavy atom. The zero-order valence-corrected chi connectivity index (χ0v) is 5.15. The molecule has 0 heteroatoms. The molecule has 0 rings (SSSR count). The maximum absolute atomic E-state index is 3.86. The summed E-state index contributed by atoms with van der Waals surface area (Å²) in [6, 6.07) is 0. The molecule has 0 heterocycles. The van der Waals surface area contributed by atoms with E-state index >= 15 is 0 Å². The Labute approximate surface area is 46.2 Å². The summed E-state index contributed by atoms with van der Waals surface area (Å²) in [4.78, 5) is 0. The molecule has 0 nitrogen and oxygen atoms in total. The van der Waals surface area contributed by atoms with Gasteiger partial charge in [-0.2, -0.15) is 0 Å². The SMILES string of the molecule is [CH2]C(C=CC)CC. The topological polar surface area (TPSA) is 0 Å². The molecule has 0 aromatic heterocycles. The molecule has 0 aliphatic carbocycles. The zero-order chi connectivity index (χ0) is 5.70. The minimum absolute atomic E-state index is 0.519. The molecule has 0 N–H and O–H groups in total. The first-order chi connectivity index (χ1) is 3.31. The molecule has 0 aromatic rings. The molecule has 1 unspecified atom stereocenters. The van der Waals surface area contributed by atoms with Crippen molar-refractivity contribution < 1.29 is 0 Å². The van der Waals surface area contributed by atoms with Gasteiger partial charge in [-0.25, -0.2) is 0 Å². The van der Waals surface area contributed by atoms with Crippen LogP contribution in [0.5, 0.6) is 0 Å². The van der Waals surface area contributed by atoms with Crippen molar-refractivity contribution in [1.29, 1.82) is 0 Å². The number of rotatable bonds is 2.